The van der Waals surface area contributed by atoms with Crippen molar-refractivity contribution in [2.75, 3.05) is 36.5 Å². The fraction of sp³-hybridized carbons (Fsp3) is 0.364. The summed E-state index contributed by atoms with van der Waals surface area (Å²) in [5, 5.41) is 2.59. The van der Waals surface area contributed by atoms with Crippen LogP contribution < -0.4 is 10.2 Å². The molecule has 79 valence electrons. The second-order valence-electron chi connectivity index (χ2n) is 3.34. The van der Waals surface area contributed by atoms with Crippen molar-refractivity contribution < 1.29 is 9.53 Å². The van der Waals surface area contributed by atoms with Crippen molar-refractivity contribution in [2.24, 2.45) is 0 Å². The van der Waals surface area contributed by atoms with Gasteiger partial charge >= 0.3 is 6.41 Å². The first-order valence-corrected chi connectivity index (χ1v) is 4.96. The van der Waals surface area contributed by atoms with Crippen molar-refractivity contribution in [2.45, 2.75) is 0 Å². The molecule has 1 aliphatic heterocycles. The first-order chi connectivity index (χ1) is 7.42. The van der Waals surface area contributed by atoms with Crippen LogP contribution in [0.25, 0.3) is 0 Å². The van der Waals surface area contributed by atoms with E-state index in [1.165, 1.54) is 0 Å². The molecule has 2 rings (SSSR count). The number of rotatable bonds is 3. The molecule has 0 aromatic heterocycles. The molecule has 0 atom stereocenters. The van der Waals surface area contributed by atoms with Gasteiger partial charge in [-0.2, -0.15) is 0 Å². The third-order valence-corrected chi connectivity index (χ3v) is 2.44. The number of nitrogens with one attached hydrogen (secondary N) is 1. The average Bonchev–Trinajstić information content (AvgIpc) is 2.31. The Morgan fingerprint density at radius 3 is 2.73 bits per heavy atom. The molecule has 1 amide bonds. The molecule has 1 heterocycles. The number of nitrogens with zero attached hydrogens (tertiary/aromatic N) is 1. The van der Waals surface area contributed by atoms with E-state index in [0.29, 0.717) is 0 Å². The normalized spacial score (nSPS) is 16.1. The Morgan fingerprint density at radius 2 is 2.00 bits per heavy atom. The van der Waals surface area contributed by atoms with E-state index in [1.54, 1.807) is 6.41 Å². The van der Waals surface area contributed by atoms with Crippen LogP contribution in [0.15, 0.2) is 24.3 Å². The van der Waals surface area contributed by atoms with Crippen molar-refractivity contribution in [3.8, 4) is 0 Å². The summed E-state index contributed by atoms with van der Waals surface area (Å²) in [4.78, 5) is 12.5. The largest absolute Gasteiger partial charge is 0.378 e. The highest BCUT2D eigenvalue weighted by molar-refractivity contribution is 5.81. The minimum absolute atomic E-state index is 0.735. The highest BCUT2D eigenvalue weighted by Gasteiger charge is 2.13. The molecule has 1 saturated heterocycles. The molecule has 1 aliphatic rings. The van der Waals surface area contributed by atoms with Crippen LogP contribution in [0.5, 0.6) is 0 Å². The number of hydrogen-bond acceptors (Lipinski definition) is 3. The summed E-state index contributed by atoms with van der Waals surface area (Å²) in [6, 6.07) is 7.71. The van der Waals surface area contributed by atoms with Gasteiger partial charge in [-0.25, -0.2) is 0 Å². The lowest BCUT2D eigenvalue weighted by Gasteiger charge is -2.30. The van der Waals surface area contributed by atoms with Gasteiger partial charge in [-0.3, -0.25) is 4.79 Å². The van der Waals surface area contributed by atoms with Crippen LogP contribution in [0.1, 0.15) is 0 Å². The predicted molar refractivity (Wildman–Crippen MR) is 58.8 cm³/mol. The maximum atomic E-state index is 10.3. The number of carbonyl (C=O) groups excluding carboxylic acids is 1. The Labute approximate surface area is 88.8 Å². The van der Waals surface area contributed by atoms with E-state index in [9.17, 15) is 4.79 Å². The maximum absolute atomic E-state index is 10.3. The summed E-state index contributed by atoms with van der Waals surface area (Å²) in [5.41, 5.74) is 1.83. The molecule has 0 aliphatic carbocycles. The lowest BCUT2D eigenvalue weighted by molar-refractivity contribution is 0.123. The number of para-hydroxylation sites is 2. The van der Waals surface area contributed by atoms with Gasteiger partial charge in [0, 0.05) is 13.1 Å². The second-order valence-corrected chi connectivity index (χ2v) is 3.34. The third kappa shape index (κ3) is 2.27. The minimum Gasteiger partial charge on any atom is -0.378 e. The van der Waals surface area contributed by atoms with Gasteiger partial charge in [0.2, 0.25) is 0 Å². The topological polar surface area (TPSA) is 41.6 Å². The predicted octanol–water partition coefficient (Wildman–Crippen LogP) is 1.00. The number of morpholine rings is 1. The summed E-state index contributed by atoms with van der Waals surface area (Å²) >= 11 is 0. The highest BCUT2D eigenvalue weighted by atomic mass is 16.5. The molecule has 4 nitrogen and oxygen atoms in total. The van der Waals surface area contributed by atoms with E-state index >= 15 is 0 Å². The Morgan fingerprint density at radius 1 is 1.27 bits per heavy atom. The Bertz CT molecular complexity index is 335. The number of benzene rings is 1. The van der Waals surface area contributed by atoms with Crippen LogP contribution in [0.2, 0.25) is 0 Å². The molecule has 1 radical (unpaired) electrons. The molecular formula is C11H13N2O2. The Hall–Kier alpha value is -1.55. The molecule has 1 aromatic rings. The zero-order chi connectivity index (χ0) is 10.5. The average molecular weight is 205 g/mol. The van der Waals surface area contributed by atoms with Gasteiger partial charge in [0.05, 0.1) is 24.6 Å². The summed E-state index contributed by atoms with van der Waals surface area (Å²) in [5.74, 6) is 0. The number of amides is 1. The minimum atomic E-state index is 0.735. The van der Waals surface area contributed by atoms with Crippen molar-refractivity contribution in [3.63, 3.8) is 0 Å². The van der Waals surface area contributed by atoms with E-state index in [0.717, 1.165) is 37.7 Å². The number of ether oxygens (including phenoxy) is 1. The summed E-state index contributed by atoms with van der Waals surface area (Å²) in [7, 11) is 0. The monoisotopic (exact) mass is 205 g/mol. The van der Waals surface area contributed by atoms with Crippen LogP contribution >= 0.6 is 0 Å². The molecular weight excluding hydrogens is 192 g/mol. The molecule has 0 unspecified atom stereocenters. The van der Waals surface area contributed by atoms with Crippen molar-refractivity contribution >= 4 is 17.8 Å². The van der Waals surface area contributed by atoms with E-state index in [4.69, 9.17) is 4.74 Å². The Balaban J connectivity index is 2.20. The zero-order valence-electron chi connectivity index (χ0n) is 8.40. The molecule has 1 N–H and O–H groups in total. The zero-order valence-corrected chi connectivity index (χ0v) is 8.40. The smallest absolute Gasteiger partial charge is 0.314 e. The quantitative estimate of drug-likeness (QED) is 0.748. The van der Waals surface area contributed by atoms with Crippen molar-refractivity contribution in [3.05, 3.63) is 24.3 Å². The van der Waals surface area contributed by atoms with Crippen molar-refractivity contribution in [1.82, 2.24) is 0 Å². The molecule has 0 spiro atoms. The van der Waals surface area contributed by atoms with Crippen LogP contribution in [-0.2, 0) is 9.53 Å². The summed E-state index contributed by atoms with van der Waals surface area (Å²) < 4.78 is 5.28. The molecule has 0 saturated carbocycles. The van der Waals surface area contributed by atoms with Gasteiger partial charge in [0.25, 0.3) is 0 Å². The van der Waals surface area contributed by atoms with Crippen molar-refractivity contribution in [1.29, 1.82) is 0 Å². The van der Waals surface area contributed by atoms with Gasteiger partial charge in [0.15, 0.2) is 0 Å². The standard InChI is InChI=1S/C11H13N2O2/c14-9-12-10-3-1-2-4-11(10)13-5-7-15-8-6-13/h1-4H,5-8H2,(H,12,14). The van der Waals surface area contributed by atoms with Gasteiger partial charge < -0.3 is 15.0 Å². The molecule has 4 heteroatoms. The summed E-state index contributed by atoms with van der Waals surface area (Å²) in [6.07, 6.45) is 1.71. The fourth-order valence-corrected chi connectivity index (χ4v) is 1.71. The van der Waals surface area contributed by atoms with E-state index in [1.807, 2.05) is 24.3 Å². The highest BCUT2D eigenvalue weighted by Crippen LogP contribution is 2.25. The van der Waals surface area contributed by atoms with E-state index in [-0.39, 0.29) is 0 Å². The van der Waals surface area contributed by atoms with Crippen LogP contribution in [0, 0.1) is 0 Å². The lowest BCUT2D eigenvalue weighted by atomic mass is 10.2. The van der Waals surface area contributed by atoms with Gasteiger partial charge in [-0.1, -0.05) is 12.1 Å². The second kappa shape index (κ2) is 4.79. The number of anilines is 2. The van der Waals surface area contributed by atoms with Crippen LogP contribution in [0.3, 0.4) is 0 Å². The molecule has 15 heavy (non-hydrogen) atoms. The first kappa shape index (κ1) is 9.98. The molecule has 0 bridgehead atoms. The van der Waals surface area contributed by atoms with E-state index < -0.39 is 0 Å². The molecule has 1 fully saturated rings. The third-order valence-electron chi connectivity index (χ3n) is 2.44. The van der Waals surface area contributed by atoms with Crippen LogP contribution in [-0.4, -0.2) is 32.7 Å². The number of hydrogen-bond donors (Lipinski definition) is 1. The molecule has 1 aromatic carbocycles. The van der Waals surface area contributed by atoms with E-state index in [2.05, 4.69) is 10.2 Å². The SMILES string of the molecule is O=[C]Nc1ccccc1N1CCOCC1. The summed E-state index contributed by atoms with van der Waals surface area (Å²) in [6.45, 7) is 3.19. The lowest BCUT2D eigenvalue weighted by Crippen LogP contribution is -2.36. The first-order valence-electron chi connectivity index (χ1n) is 4.96. The fourth-order valence-electron chi connectivity index (χ4n) is 1.71. The van der Waals surface area contributed by atoms with Gasteiger partial charge in [0.1, 0.15) is 0 Å². The van der Waals surface area contributed by atoms with Crippen LogP contribution in [0.4, 0.5) is 11.4 Å². The maximum Gasteiger partial charge on any atom is 0.314 e. The Kier molecular flexibility index (Phi) is 3.19. The van der Waals surface area contributed by atoms with Gasteiger partial charge in [-0.05, 0) is 12.1 Å². The van der Waals surface area contributed by atoms with Gasteiger partial charge in [-0.15, -0.1) is 0 Å².